The zero-order valence-corrected chi connectivity index (χ0v) is 15.0. The molecule has 0 aliphatic rings. The number of rotatable bonds is 6. The Labute approximate surface area is 156 Å². The second-order valence-electron chi connectivity index (χ2n) is 4.93. The fourth-order valence-electron chi connectivity index (χ4n) is 2.12. The zero-order valence-electron chi connectivity index (χ0n) is 14.1. The highest BCUT2D eigenvalue weighted by Gasteiger charge is 2.30. The SMILES string of the molecule is CNCCC(Oc1ccc(C(F)(F)F)cc1)c1ccccc1.Cl.O.O.O. The lowest BCUT2D eigenvalue weighted by atomic mass is 10.1. The molecule has 0 saturated heterocycles. The summed E-state index contributed by atoms with van der Waals surface area (Å²) in [4.78, 5) is 0. The van der Waals surface area contributed by atoms with E-state index in [-0.39, 0.29) is 34.9 Å². The summed E-state index contributed by atoms with van der Waals surface area (Å²) in [6.45, 7) is 0.750. The monoisotopic (exact) mass is 399 g/mol. The number of nitrogens with one attached hydrogen (secondary N) is 1. The highest BCUT2D eigenvalue weighted by atomic mass is 35.5. The standard InChI is InChI=1S/C17H18F3NO.ClH.3H2O/c1-21-12-11-16(13-5-3-2-4-6-13)22-15-9-7-14(8-10-15)17(18,19)20;;;;/h2-10,16,21H,11-12H2,1H3;1H;3*1H2. The van der Waals surface area contributed by atoms with Crippen LogP contribution in [0.4, 0.5) is 13.2 Å². The van der Waals surface area contributed by atoms with Gasteiger partial charge in [0.15, 0.2) is 0 Å². The van der Waals surface area contributed by atoms with Crippen LogP contribution in [0, 0.1) is 0 Å². The van der Waals surface area contributed by atoms with Crippen LogP contribution in [0.25, 0.3) is 0 Å². The average Bonchev–Trinajstić information content (AvgIpc) is 2.52. The van der Waals surface area contributed by atoms with Crippen molar-refractivity contribution in [2.24, 2.45) is 0 Å². The molecule has 26 heavy (non-hydrogen) atoms. The summed E-state index contributed by atoms with van der Waals surface area (Å²) in [6, 6.07) is 14.4. The van der Waals surface area contributed by atoms with E-state index in [0.29, 0.717) is 5.75 Å². The van der Waals surface area contributed by atoms with Gasteiger partial charge in [-0.3, -0.25) is 0 Å². The minimum atomic E-state index is -4.33. The molecule has 2 aromatic rings. The molecule has 7 N–H and O–H groups in total. The van der Waals surface area contributed by atoms with E-state index in [1.807, 2.05) is 37.4 Å². The van der Waals surface area contributed by atoms with Crippen molar-refractivity contribution in [3.8, 4) is 5.75 Å². The van der Waals surface area contributed by atoms with Crippen LogP contribution in [-0.4, -0.2) is 30.0 Å². The largest absolute Gasteiger partial charge is 0.486 e. The topological polar surface area (TPSA) is 116 Å². The predicted octanol–water partition coefficient (Wildman–Crippen LogP) is 2.38. The molecular weight excluding hydrogens is 375 g/mol. The van der Waals surface area contributed by atoms with E-state index in [0.717, 1.165) is 30.7 Å². The third-order valence-corrected chi connectivity index (χ3v) is 3.29. The van der Waals surface area contributed by atoms with Crippen LogP contribution in [0.15, 0.2) is 54.6 Å². The van der Waals surface area contributed by atoms with Crippen LogP contribution in [-0.2, 0) is 6.18 Å². The Morgan fingerprint density at radius 2 is 1.46 bits per heavy atom. The quantitative estimate of drug-likeness (QED) is 0.803. The Morgan fingerprint density at radius 1 is 0.923 bits per heavy atom. The third-order valence-electron chi connectivity index (χ3n) is 3.29. The molecule has 0 bridgehead atoms. The summed E-state index contributed by atoms with van der Waals surface area (Å²) >= 11 is 0. The first-order valence-corrected chi connectivity index (χ1v) is 7.04. The molecule has 1 atom stereocenters. The Kier molecular flexibility index (Phi) is 14.9. The van der Waals surface area contributed by atoms with Gasteiger partial charge in [0.25, 0.3) is 0 Å². The Balaban J connectivity index is -0.00000132. The lowest BCUT2D eigenvalue weighted by Crippen LogP contribution is -2.16. The van der Waals surface area contributed by atoms with Gasteiger partial charge in [-0.2, -0.15) is 13.2 Å². The fourth-order valence-corrected chi connectivity index (χ4v) is 2.12. The third kappa shape index (κ3) is 8.50. The van der Waals surface area contributed by atoms with E-state index in [2.05, 4.69) is 5.32 Å². The van der Waals surface area contributed by atoms with Gasteiger partial charge in [0.1, 0.15) is 11.9 Å². The molecule has 0 heterocycles. The molecular formula is C17H25ClF3NO4. The van der Waals surface area contributed by atoms with Gasteiger partial charge < -0.3 is 26.5 Å². The Morgan fingerprint density at radius 3 is 1.92 bits per heavy atom. The maximum Gasteiger partial charge on any atom is 0.416 e. The first-order chi connectivity index (χ1) is 10.5. The average molecular weight is 400 g/mol. The number of hydrogen-bond acceptors (Lipinski definition) is 2. The van der Waals surface area contributed by atoms with Gasteiger partial charge in [0.2, 0.25) is 0 Å². The molecule has 5 nitrogen and oxygen atoms in total. The lowest BCUT2D eigenvalue weighted by molar-refractivity contribution is -0.137. The summed E-state index contributed by atoms with van der Waals surface area (Å²) in [6.07, 6.45) is -3.81. The highest BCUT2D eigenvalue weighted by Crippen LogP contribution is 2.31. The molecule has 2 aromatic carbocycles. The van der Waals surface area contributed by atoms with Crippen molar-refractivity contribution >= 4 is 12.4 Å². The van der Waals surface area contributed by atoms with Crippen LogP contribution < -0.4 is 10.1 Å². The van der Waals surface area contributed by atoms with Crippen LogP contribution in [0.2, 0.25) is 0 Å². The minimum Gasteiger partial charge on any atom is -0.486 e. The molecule has 0 aromatic heterocycles. The fraction of sp³-hybridized carbons (Fsp3) is 0.294. The minimum absolute atomic E-state index is 0. The first-order valence-electron chi connectivity index (χ1n) is 7.04. The van der Waals surface area contributed by atoms with Crippen molar-refractivity contribution in [2.75, 3.05) is 13.6 Å². The molecule has 0 amide bonds. The molecule has 150 valence electrons. The Bertz CT molecular complexity index is 583. The van der Waals surface area contributed by atoms with Crippen molar-refractivity contribution < 1.29 is 34.3 Å². The zero-order chi connectivity index (χ0) is 16.0. The van der Waals surface area contributed by atoms with Gasteiger partial charge in [0.05, 0.1) is 5.56 Å². The van der Waals surface area contributed by atoms with Crippen LogP contribution in [0.1, 0.15) is 23.7 Å². The van der Waals surface area contributed by atoms with E-state index in [9.17, 15) is 13.2 Å². The van der Waals surface area contributed by atoms with E-state index in [1.54, 1.807) is 0 Å². The molecule has 9 heteroatoms. The molecule has 0 aliphatic heterocycles. The van der Waals surface area contributed by atoms with Crippen molar-refractivity contribution in [1.29, 1.82) is 0 Å². The second-order valence-corrected chi connectivity index (χ2v) is 4.93. The van der Waals surface area contributed by atoms with Gasteiger partial charge in [-0.25, -0.2) is 0 Å². The molecule has 0 radical (unpaired) electrons. The van der Waals surface area contributed by atoms with Crippen LogP contribution >= 0.6 is 12.4 Å². The predicted molar refractivity (Wildman–Crippen MR) is 97.9 cm³/mol. The maximum atomic E-state index is 12.6. The maximum absolute atomic E-state index is 12.6. The van der Waals surface area contributed by atoms with Crippen molar-refractivity contribution in [3.63, 3.8) is 0 Å². The van der Waals surface area contributed by atoms with Gasteiger partial charge in [-0.05, 0) is 43.4 Å². The van der Waals surface area contributed by atoms with E-state index >= 15 is 0 Å². The number of hydrogen-bond donors (Lipinski definition) is 1. The van der Waals surface area contributed by atoms with Crippen LogP contribution in [0.5, 0.6) is 5.75 Å². The summed E-state index contributed by atoms with van der Waals surface area (Å²) in [5.74, 6) is 0.429. The number of alkyl halides is 3. The lowest BCUT2D eigenvalue weighted by Gasteiger charge is -2.20. The van der Waals surface area contributed by atoms with Crippen LogP contribution in [0.3, 0.4) is 0 Å². The molecule has 0 saturated carbocycles. The number of halogens is 4. The molecule has 0 aliphatic carbocycles. The summed E-state index contributed by atoms with van der Waals surface area (Å²) in [7, 11) is 1.85. The summed E-state index contributed by atoms with van der Waals surface area (Å²) in [5, 5.41) is 3.05. The highest BCUT2D eigenvalue weighted by molar-refractivity contribution is 5.85. The number of ether oxygens (including phenoxy) is 1. The molecule has 1 unspecified atom stereocenters. The van der Waals surface area contributed by atoms with Crippen molar-refractivity contribution in [2.45, 2.75) is 18.7 Å². The van der Waals surface area contributed by atoms with E-state index in [1.165, 1.54) is 12.1 Å². The van der Waals surface area contributed by atoms with Gasteiger partial charge in [-0.1, -0.05) is 30.3 Å². The molecule has 2 rings (SSSR count). The summed E-state index contributed by atoms with van der Waals surface area (Å²) in [5.41, 5.74) is 0.323. The Hall–Kier alpha value is -1.84. The summed E-state index contributed by atoms with van der Waals surface area (Å²) < 4.78 is 43.6. The van der Waals surface area contributed by atoms with Crippen molar-refractivity contribution in [3.05, 3.63) is 65.7 Å². The van der Waals surface area contributed by atoms with Gasteiger partial charge in [0, 0.05) is 6.42 Å². The first kappa shape index (κ1) is 28.9. The van der Waals surface area contributed by atoms with Gasteiger partial charge in [-0.15, -0.1) is 12.4 Å². The number of benzene rings is 2. The second kappa shape index (κ2) is 13.4. The van der Waals surface area contributed by atoms with E-state index in [4.69, 9.17) is 4.74 Å². The van der Waals surface area contributed by atoms with E-state index < -0.39 is 11.7 Å². The van der Waals surface area contributed by atoms with Gasteiger partial charge >= 0.3 is 6.18 Å². The molecule has 0 spiro atoms. The molecule has 0 fully saturated rings. The van der Waals surface area contributed by atoms with Crippen molar-refractivity contribution in [1.82, 2.24) is 5.32 Å². The smallest absolute Gasteiger partial charge is 0.416 e. The normalized spacial score (nSPS) is 10.9.